The summed E-state index contributed by atoms with van der Waals surface area (Å²) >= 11 is 14.0. The number of amides is 1. The van der Waals surface area contributed by atoms with Crippen LogP contribution in [-0.4, -0.2) is 50.1 Å². The standard InChI is InChI=1S/C26H23Cl2NO7S/c1-33-18-10-13(11-19(34-2)25(18)36-4)21-20(22(30)14-8-16(27)24(35-3)17(28)9-14)23(31)26(32)29(21)12-15-6-5-7-37-15/h5-11,21,30H,12H2,1-4H3/b22-20+. The Bertz CT molecular complexity index is 1340. The maximum Gasteiger partial charge on any atom is 0.295 e. The summed E-state index contributed by atoms with van der Waals surface area (Å²) in [4.78, 5) is 28.9. The van der Waals surface area contributed by atoms with Crippen LogP contribution in [0.25, 0.3) is 5.76 Å². The van der Waals surface area contributed by atoms with Crippen molar-refractivity contribution in [1.82, 2.24) is 4.90 Å². The summed E-state index contributed by atoms with van der Waals surface area (Å²) in [5, 5.41) is 13.5. The zero-order chi connectivity index (χ0) is 26.9. The smallest absolute Gasteiger partial charge is 0.295 e. The molecule has 0 spiro atoms. The Balaban J connectivity index is 1.97. The number of carbonyl (C=O) groups excluding carboxylic acids is 2. The van der Waals surface area contributed by atoms with Gasteiger partial charge in [-0.15, -0.1) is 11.3 Å². The van der Waals surface area contributed by atoms with E-state index >= 15 is 0 Å². The third-order valence-corrected chi connectivity index (χ3v) is 7.35. The van der Waals surface area contributed by atoms with Crippen LogP contribution in [-0.2, 0) is 16.1 Å². The highest BCUT2D eigenvalue weighted by molar-refractivity contribution is 7.09. The van der Waals surface area contributed by atoms with Gasteiger partial charge in [-0.25, -0.2) is 0 Å². The Labute approximate surface area is 227 Å². The molecule has 1 aromatic heterocycles. The van der Waals surface area contributed by atoms with Gasteiger partial charge in [0, 0.05) is 10.4 Å². The summed E-state index contributed by atoms with van der Waals surface area (Å²) in [6.07, 6.45) is 0. The molecule has 1 aliphatic heterocycles. The molecule has 3 aromatic rings. The molecular weight excluding hydrogens is 541 g/mol. The minimum atomic E-state index is -0.976. The van der Waals surface area contributed by atoms with E-state index in [1.165, 1.54) is 56.8 Å². The second kappa shape index (κ2) is 10.9. The van der Waals surface area contributed by atoms with Crippen LogP contribution < -0.4 is 18.9 Å². The summed E-state index contributed by atoms with van der Waals surface area (Å²) in [7, 11) is 5.81. The number of ether oxygens (including phenoxy) is 4. The van der Waals surface area contributed by atoms with E-state index in [4.69, 9.17) is 42.1 Å². The molecule has 11 heteroatoms. The zero-order valence-electron chi connectivity index (χ0n) is 20.3. The molecule has 2 aromatic carbocycles. The third-order valence-electron chi connectivity index (χ3n) is 5.92. The molecule has 0 aliphatic carbocycles. The number of hydrogen-bond donors (Lipinski definition) is 1. The number of thiophene rings is 1. The number of methoxy groups -OCH3 is 4. The van der Waals surface area contributed by atoms with Crippen LogP contribution in [0.15, 0.2) is 47.4 Å². The van der Waals surface area contributed by atoms with Gasteiger partial charge >= 0.3 is 0 Å². The van der Waals surface area contributed by atoms with E-state index in [0.717, 1.165) is 4.88 Å². The SMILES string of the molecule is COc1cc(C2/C(=C(\O)c3cc(Cl)c(OC)c(Cl)c3)C(=O)C(=O)N2Cc2cccs2)cc(OC)c1OC. The molecule has 2 heterocycles. The van der Waals surface area contributed by atoms with Gasteiger partial charge in [0.25, 0.3) is 11.7 Å². The molecule has 0 saturated carbocycles. The van der Waals surface area contributed by atoms with Crippen molar-refractivity contribution in [2.75, 3.05) is 28.4 Å². The van der Waals surface area contributed by atoms with Gasteiger partial charge < -0.3 is 29.0 Å². The highest BCUT2D eigenvalue weighted by Crippen LogP contribution is 2.47. The summed E-state index contributed by atoms with van der Waals surface area (Å²) < 4.78 is 21.6. The van der Waals surface area contributed by atoms with Gasteiger partial charge in [0.05, 0.1) is 56.6 Å². The van der Waals surface area contributed by atoms with Crippen molar-refractivity contribution in [3.63, 3.8) is 0 Å². The van der Waals surface area contributed by atoms with Crippen molar-refractivity contribution < 1.29 is 33.6 Å². The second-order valence-electron chi connectivity index (χ2n) is 7.94. The number of aliphatic hydroxyl groups is 1. The fourth-order valence-electron chi connectivity index (χ4n) is 4.27. The first-order valence-corrected chi connectivity index (χ1v) is 12.5. The molecule has 0 bridgehead atoms. The Kier molecular flexibility index (Phi) is 7.87. The van der Waals surface area contributed by atoms with Gasteiger partial charge in [-0.1, -0.05) is 29.3 Å². The Morgan fingerprint density at radius 3 is 2.03 bits per heavy atom. The van der Waals surface area contributed by atoms with Crippen LogP contribution in [0.4, 0.5) is 0 Å². The van der Waals surface area contributed by atoms with Crippen molar-refractivity contribution in [3.8, 4) is 23.0 Å². The topological polar surface area (TPSA) is 94.5 Å². The fraction of sp³-hybridized carbons (Fsp3) is 0.231. The maximum atomic E-state index is 13.4. The fourth-order valence-corrected chi connectivity index (χ4v) is 5.61. The van der Waals surface area contributed by atoms with Crippen LogP contribution >= 0.6 is 34.5 Å². The van der Waals surface area contributed by atoms with Crippen LogP contribution in [0.2, 0.25) is 10.0 Å². The first-order chi connectivity index (χ1) is 17.7. The minimum absolute atomic E-state index is 0.131. The first-order valence-electron chi connectivity index (χ1n) is 10.9. The Hall–Kier alpha value is -3.40. The zero-order valence-corrected chi connectivity index (χ0v) is 22.7. The molecule has 37 heavy (non-hydrogen) atoms. The normalized spacial score (nSPS) is 16.7. The lowest BCUT2D eigenvalue weighted by Gasteiger charge is -2.26. The molecule has 1 atom stereocenters. The van der Waals surface area contributed by atoms with Crippen molar-refractivity contribution in [2.45, 2.75) is 12.6 Å². The number of benzene rings is 2. The highest BCUT2D eigenvalue weighted by Gasteiger charge is 2.46. The lowest BCUT2D eigenvalue weighted by molar-refractivity contribution is -0.140. The molecule has 1 unspecified atom stereocenters. The monoisotopic (exact) mass is 563 g/mol. The van der Waals surface area contributed by atoms with Gasteiger partial charge in [0.15, 0.2) is 17.2 Å². The molecule has 1 fully saturated rings. The van der Waals surface area contributed by atoms with Gasteiger partial charge in [-0.2, -0.15) is 0 Å². The Morgan fingerprint density at radius 1 is 0.946 bits per heavy atom. The number of aliphatic hydroxyl groups excluding tert-OH is 1. The van der Waals surface area contributed by atoms with Crippen molar-refractivity contribution in [3.05, 3.63) is 73.4 Å². The number of likely N-dealkylation sites (tertiary alicyclic amines) is 1. The molecular formula is C26H23Cl2NO7S. The molecule has 1 aliphatic rings. The molecule has 0 radical (unpaired) electrons. The van der Waals surface area contributed by atoms with E-state index < -0.39 is 23.5 Å². The second-order valence-corrected chi connectivity index (χ2v) is 9.78. The predicted molar refractivity (Wildman–Crippen MR) is 141 cm³/mol. The predicted octanol–water partition coefficient (Wildman–Crippen LogP) is 5.71. The molecule has 8 nitrogen and oxygen atoms in total. The largest absolute Gasteiger partial charge is 0.507 e. The van der Waals surface area contributed by atoms with E-state index in [-0.39, 0.29) is 33.5 Å². The average Bonchev–Trinajstić information content (AvgIpc) is 3.49. The van der Waals surface area contributed by atoms with Gasteiger partial charge in [0.2, 0.25) is 5.75 Å². The van der Waals surface area contributed by atoms with E-state index in [1.807, 2.05) is 17.5 Å². The third kappa shape index (κ3) is 4.82. The minimum Gasteiger partial charge on any atom is -0.507 e. The van der Waals surface area contributed by atoms with Gasteiger partial charge in [0.1, 0.15) is 5.76 Å². The number of ketones is 1. The summed E-state index contributed by atoms with van der Waals surface area (Å²) in [5.74, 6) is -0.826. The Morgan fingerprint density at radius 2 is 1.54 bits per heavy atom. The molecule has 1 amide bonds. The van der Waals surface area contributed by atoms with Gasteiger partial charge in [-0.3, -0.25) is 9.59 Å². The lowest BCUT2D eigenvalue weighted by atomic mass is 9.94. The quantitative estimate of drug-likeness (QED) is 0.213. The highest BCUT2D eigenvalue weighted by atomic mass is 35.5. The van der Waals surface area contributed by atoms with E-state index in [2.05, 4.69) is 0 Å². The molecule has 1 N–H and O–H groups in total. The van der Waals surface area contributed by atoms with Crippen LogP contribution in [0.5, 0.6) is 23.0 Å². The summed E-state index contributed by atoms with van der Waals surface area (Å²) in [6, 6.07) is 8.85. The van der Waals surface area contributed by atoms with Crippen LogP contribution in [0.1, 0.15) is 22.0 Å². The first kappa shape index (κ1) is 26.7. The van der Waals surface area contributed by atoms with Crippen molar-refractivity contribution in [2.24, 2.45) is 0 Å². The number of Topliss-reactive ketones (excluding diaryl/α,β-unsaturated/α-hetero) is 1. The van der Waals surface area contributed by atoms with E-state index in [9.17, 15) is 14.7 Å². The van der Waals surface area contributed by atoms with E-state index in [0.29, 0.717) is 22.8 Å². The summed E-state index contributed by atoms with van der Waals surface area (Å²) in [6.45, 7) is 0.143. The number of halogens is 2. The van der Waals surface area contributed by atoms with Crippen LogP contribution in [0.3, 0.4) is 0 Å². The molecule has 194 valence electrons. The maximum absolute atomic E-state index is 13.4. The van der Waals surface area contributed by atoms with Crippen molar-refractivity contribution >= 4 is 52.0 Å². The van der Waals surface area contributed by atoms with Crippen molar-refractivity contribution in [1.29, 1.82) is 0 Å². The number of rotatable bonds is 8. The number of carbonyl (C=O) groups is 2. The number of nitrogens with zero attached hydrogens (tertiary/aromatic N) is 1. The lowest BCUT2D eigenvalue weighted by Crippen LogP contribution is -2.29. The number of hydrogen-bond acceptors (Lipinski definition) is 8. The summed E-state index contributed by atoms with van der Waals surface area (Å²) in [5.41, 5.74) is 0.494. The van der Waals surface area contributed by atoms with Crippen LogP contribution in [0, 0.1) is 0 Å². The van der Waals surface area contributed by atoms with E-state index in [1.54, 1.807) is 12.1 Å². The van der Waals surface area contributed by atoms with Gasteiger partial charge in [-0.05, 0) is 41.3 Å². The molecule has 1 saturated heterocycles. The molecule has 4 rings (SSSR count). The average molecular weight is 564 g/mol.